The van der Waals surface area contributed by atoms with Gasteiger partial charge >= 0.3 is 6.03 Å². The van der Waals surface area contributed by atoms with E-state index in [1.165, 1.54) is 0 Å². The molecule has 120 valence electrons. The first-order chi connectivity index (χ1) is 10.5. The van der Waals surface area contributed by atoms with Crippen LogP contribution in [0.2, 0.25) is 5.02 Å². The lowest BCUT2D eigenvalue weighted by molar-refractivity contribution is 0.0292. The topological polar surface area (TPSA) is 70.6 Å². The summed E-state index contributed by atoms with van der Waals surface area (Å²) >= 11 is 6.25. The molecule has 22 heavy (non-hydrogen) atoms. The molecular formula is C16H21ClN2O3. The monoisotopic (exact) mass is 324 g/mol. The van der Waals surface area contributed by atoms with E-state index in [4.69, 9.17) is 16.3 Å². The van der Waals surface area contributed by atoms with Gasteiger partial charge in [0.1, 0.15) is 5.60 Å². The summed E-state index contributed by atoms with van der Waals surface area (Å²) in [6.07, 6.45) is 2.60. The third kappa shape index (κ3) is 3.37. The van der Waals surface area contributed by atoms with Crippen LogP contribution in [-0.4, -0.2) is 43.0 Å². The van der Waals surface area contributed by atoms with E-state index in [0.717, 1.165) is 23.4 Å². The SMILES string of the molecule is O=C(NCC1(O)CCOC1)NCC1(c2ccccc2Cl)CC1. The number of benzene rings is 1. The van der Waals surface area contributed by atoms with Gasteiger partial charge in [0.25, 0.3) is 0 Å². The molecule has 2 fully saturated rings. The first kappa shape index (κ1) is 15.6. The minimum Gasteiger partial charge on any atom is -0.386 e. The molecule has 1 saturated heterocycles. The summed E-state index contributed by atoms with van der Waals surface area (Å²) in [5.74, 6) is 0. The summed E-state index contributed by atoms with van der Waals surface area (Å²) in [4.78, 5) is 11.9. The van der Waals surface area contributed by atoms with Gasteiger partial charge in [0.15, 0.2) is 0 Å². The lowest BCUT2D eigenvalue weighted by Crippen LogP contribution is -2.48. The number of ether oxygens (including phenoxy) is 1. The van der Waals surface area contributed by atoms with Gasteiger partial charge in [0.2, 0.25) is 0 Å². The molecule has 0 aromatic heterocycles. The number of halogens is 1. The van der Waals surface area contributed by atoms with Crippen molar-refractivity contribution < 1.29 is 14.6 Å². The zero-order valence-corrected chi connectivity index (χ0v) is 13.2. The highest BCUT2D eigenvalue weighted by molar-refractivity contribution is 6.31. The molecule has 1 heterocycles. The third-order valence-electron chi connectivity index (χ3n) is 4.55. The highest BCUT2D eigenvalue weighted by Crippen LogP contribution is 2.49. The molecule has 1 aliphatic heterocycles. The van der Waals surface area contributed by atoms with Crippen LogP contribution in [0.1, 0.15) is 24.8 Å². The third-order valence-corrected chi connectivity index (χ3v) is 4.88. The smallest absolute Gasteiger partial charge is 0.314 e. The van der Waals surface area contributed by atoms with Crippen molar-refractivity contribution in [1.29, 1.82) is 0 Å². The number of carbonyl (C=O) groups excluding carboxylic acids is 1. The Balaban J connectivity index is 1.50. The fraction of sp³-hybridized carbons (Fsp3) is 0.562. The largest absolute Gasteiger partial charge is 0.386 e. The molecule has 3 rings (SSSR count). The molecule has 2 amide bonds. The molecule has 1 atom stereocenters. The lowest BCUT2D eigenvalue weighted by atomic mass is 9.96. The van der Waals surface area contributed by atoms with Gasteiger partial charge in [-0.2, -0.15) is 0 Å². The average Bonchev–Trinajstić information content (AvgIpc) is 3.18. The summed E-state index contributed by atoms with van der Waals surface area (Å²) in [5, 5.41) is 16.5. The van der Waals surface area contributed by atoms with Gasteiger partial charge in [-0.3, -0.25) is 0 Å². The summed E-state index contributed by atoms with van der Waals surface area (Å²) in [6, 6.07) is 7.52. The number of carbonyl (C=O) groups is 1. The molecule has 1 saturated carbocycles. The minimum atomic E-state index is -0.933. The van der Waals surface area contributed by atoms with Gasteiger partial charge in [-0.1, -0.05) is 29.8 Å². The fourth-order valence-corrected chi connectivity index (χ4v) is 3.21. The van der Waals surface area contributed by atoms with Crippen molar-refractivity contribution in [2.45, 2.75) is 30.3 Å². The van der Waals surface area contributed by atoms with Gasteiger partial charge in [-0.15, -0.1) is 0 Å². The van der Waals surface area contributed by atoms with Crippen LogP contribution < -0.4 is 10.6 Å². The molecule has 0 bridgehead atoms. The molecular weight excluding hydrogens is 304 g/mol. The maximum atomic E-state index is 11.9. The van der Waals surface area contributed by atoms with E-state index in [-0.39, 0.29) is 24.6 Å². The van der Waals surface area contributed by atoms with Crippen molar-refractivity contribution in [2.24, 2.45) is 0 Å². The number of rotatable bonds is 5. The Kier molecular flexibility index (Phi) is 4.30. The molecule has 0 spiro atoms. The molecule has 2 aliphatic rings. The Morgan fingerprint density at radius 3 is 2.59 bits per heavy atom. The Morgan fingerprint density at radius 1 is 1.23 bits per heavy atom. The first-order valence-electron chi connectivity index (χ1n) is 7.60. The number of urea groups is 1. The summed E-state index contributed by atoms with van der Waals surface area (Å²) in [5.41, 5.74) is 0.125. The van der Waals surface area contributed by atoms with Crippen LogP contribution in [0, 0.1) is 0 Å². The van der Waals surface area contributed by atoms with Crippen molar-refractivity contribution in [3.63, 3.8) is 0 Å². The molecule has 1 unspecified atom stereocenters. The van der Waals surface area contributed by atoms with Crippen LogP contribution in [0.25, 0.3) is 0 Å². The number of aliphatic hydroxyl groups is 1. The molecule has 6 heteroatoms. The molecule has 5 nitrogen and oxygen atoms in total. The van der Waals surface area contributed by atoms with E-state index in [0.29, 0.717) is 19.6 Å². The van der Waals surface area contributed by atoms with E-state index in [9.17, 15) is 9.90 Å². The van der Waals surface area contributed by atoms with Gasteiger partial charge in [-0.05, 0) is 24.5 Å². The van der Waals surface area contributed by atoms with Crippen LogP contribution in [0.15, 0.2) is 24.3 Å². The summed E-state index contributed by atoms with van der Waals surface area (Å²) < 4.78 is 5.15. The minimum absolute atomic E-state index is 0.0386. The fourth-order valence-electron chi connectivity index (χ4n) is 2.88. The van der Waals surface area contributed by atoms with Crippen LogP contribution in [0.4, 0.5) is 4.79 Å². The van der Waals surface area contributed by atoms with Gasteiger partial charge < -0.3 is 20.5 Å². The van der Waals surface area contributed by atoms with E-state index < -0.39 is 5.60 Å². The van der Waals surface area contributed by atoms with E-state index >= 15 is 0 Å². The number of amides is 2. The predicted molar refractivity (Wildman–Crippen MR) is 84.2 cm³/mol. The van der Waals surface area contributed by atoms with Crippen molar-refractivity contribution >= 4 is 17.6 Å². The second-order valence-electron chi connectivity index (χ2n) is 6.32. The van der Waals surface area contributed by atoms with Crippen LogP contribution in [0.3, 0.4) is 0 Å². The van der Waals surface area contributed by atoms with E-state index in [1.807, 2.05) is 24.3 Å². The molecule has 1 aromatic carbocycles. The van der Waals surface area contributed by atoms with E-state index in [1.54, 1.807) is 0 Å². The van der Waals surface area contributed by atoms with Gasteiger partial charge in [0, 0.05) is 30.0 Å². The van der Waals surface area contributed by atoms with Crippen LogP contribution >= 0.6 is 11.6 Å². The first-order valence-corrected chi connectivity index (χ1v) is 7.98. The number of hydrogen-bond donors (Lipinski definition) is 3. The quantitative estimate of drug-likeness (QED) is 0.774. The maximum absolute atomic E-state index is 11.9. The maximum Gasteiger partial charge on any atom is 0.314 e. The zero-order chi connectivity index (χ0) is 15.6. The van der Waals surface area contributed by atoms with E-state index in [2.05, 4.69) is 10.6 Å². The Hall–Kier alpha value is -1.30. The second kappa shape index (κ2) is 6.07. The highest BCUT2D eigenvalue weighted by Gasteiger charge is 2.45. The molecule has 1 aliphatic carbocycles. The normalized spacial score (nSPS) is 25.7. The average molecular weight is 325 g/mol. The van der Waals surface area contributed by atoms with Crippen molar-refractivity contribution in [2.75, 3.05) is 26.3 Å². The number of nitrogens with one attached hydrogen (secondary N) is 2. The Labute approximate surface area is 135 Å². The second-order valence-corrected chi connectivity index (χ2v) is 6.73. The molecule has 0 radical (unpaired) electrons. The Morgan fingerprint density at radius 2 is 1.95 bits per heavy atom. The van der Waals surface area contributed by atoms with Crippen molar-refractivity contribution in [3.05, 3.63) is 34.9 Å². The standard InChI is InChI=1S/C16H21ClN2O3/c17-13-4-2-1-3-12(13)15(5-6-15)9-18-14(20)19-10-16(21)7-8-22-11-16/h1-4,21H,5-11H2,(H2,18,19,20). The van der Waals surface area contributed by atoms with Crippen molar-refractivity contribution in [1.82, 2.24) is 10.6 Å². The molecule has 3 N–H and O–H groups in total. The van der Waals surface area contributed by atoms with Gasteiger partial charge in [0.05, 0.1) is 13.2 Å². The van der Waals surface area contributed by atoms with Crippen LogP contribution in [0.5, 0.6) is 0 Å². The van der Waals surface area contributed by atoms with Gasteiger partial charge in [-0.25, -0.2) is 4.79 Å². The summed E-state index contributed by atoms with van der Waals surface area (Å²) in [6.45, 7) is 1.57. The zero-order valence-electron chi connectivity index (χ0n) is 12.4. The van der Waals surface area contributed by atoms with Crippen molar-refractivity contribution in [3.8, 4) is 0 Å². The highest BCUT2D eigenvalue weighted by atomic mass is 35.5. The lowest BCUT2D eigenvalue weighted by Gasteiger charge is -2.22. The Bertz CT molecular complexity index is 554. The van der Waals surface area contributed by atoms with Crippen LogP contribution in [-0.2, 0) is 10.2 Å². The molecule has 1 aromatic rings. The predicted octanol–water partition coefficient (Wildman–Crippen LogP) is 1.82. The summed E-state index contributed by atoms with van der Waals surface area (Å²) in [7, 11) is 0. The number of hydrogen-bond acceptors (Lipinski definition) is 3.